The second kappa shape index (κ2) is 13.8. The van der Waals surface area contributed by atoms with Crippen LogP contribution < -0.4 is 28.4 Å². The highest BCUT2D eigenvalue weighted by atomic mass is 16.6. The summed E-state index contributed by atoms with van der Waals surface area (Å²) >= 11 is 0. The van der Waals surface area contributed by atoms with E-state index in [1.807, 2.05) is 12.1 Å². The molecule has 0 heterocycles. The predicted molar refractivity (Wildman–Crippen MR) is 141 cm³/mol. The lowest BCUT2D eigenvalue weighted by molar-refractivity contribution is -0.134. The van der Waals surface area contributed by atoms with Crippen LogP contribution in [0, 0.1) is 0 Å². The number of ether oxygens (including phenoxy) is 7. The molecule has 3 rings (SSSR count). The number of esters is 1. The first-order valence-electron chi connectivity index (χ1n) is 11.7. The van der Waals surface area contributed by atoms with Crippen LogP contribution >= 0.6 is 0 Å². The van der Waals surface area contributed by atoms with Gasteiger partial charge < -0.3 is 38.3 Å². The van der Waals surface area contributed by atoms with Crippen molar-refractivity contribution in [1.82, 2.24) is 0 Å². The molecule has 38 heavy (non-hydrogen) atoms. The summed E-state index contributed by atoms with van der Waals surface area (Å²) in [4.78, 5) is 11.5. The van der Waals surface area contributed by atoms with Gasteiger partial charge in [0.25, 0.3) is 0 Å². The Hall–Kier alpha value is -4.37. The fraction of sp³-hybridized carbons (Fsp3) is 0.276. The van der Waals surface area contributed by atoms with Crippen LogP contribution in [0.25, 0.3) is 6.08 Å². The maximum absolute atomic E-state index is 11.5. The maximum Gasteiger partial charge on any atom is 0.330 e. The largest absolute Gasteiger partial charge is 0.493 e. The monoisotopic (exact) mass is 524 g/mol. The second-order valence-corrected chi connectivity index (χ2v) is 7.91. The highest BCUT2D eigenvalue weighted by Gasteiger charge is 2.30. The Kier molecular flexibility index (Phi) is 10.2. The van der Waals surface area contributed by atoms with E-state index in [4.69, 9.17) is 28.4 Å². The molecule has 0 saturated heterocycles. The molecule has 3 aromatic carbocycles. The highest BCUT2D eigenvalue weighted by molar-refractivity contribution is 5.87. The number of rotatable bonds is 13. The van der Waals surface area contributed by atoms with Gasteiger partial charge in [-0.05, 0) is 48.0 Å². The van der Waals surface area contributed by atoms with Crippen molar-refractivity contribution < 1.29 is 43.1 Å². The number of hydrogen-bond donors (Lipinski definition) is 1. The van der Waals surface area contributed by atoms with Crippen LogP contribution in [-0.4, -0.2) is 59.3 Å². The van der Waals surface area contributed by atoms with Gasteiger partial charge in [-0.3, -0.25) is 0 Å². The van der Waals surface area contributed by atoms with Gasteiger partial charge in [-0.1, -0.05) is 24.3 Å². The van der Waals surface area contributed by atoms with E-state index in [0.29, 0.717) is 45.6 Å². The van der Waals surface area contributed by atoms with Crippen molar-refractivity contribution in [3.63, 3.8) is 0 Å². The molecule has 3 aromatic rings. The molecule has 0 spiro atoms. The third kappa shape index (κ3) is 6.89. The molecular formula is C29H32O9. The molecule has 0 fully saturated rings. The van der Waals surface area contributed by atoms with Gasteiger partial charge in [-0.2, -0.15) is 0 Å². The molecule has 0 radical (unpaired) electrons. The summed E-state index contributed by atoms with van der Waals surface area (Å²) < 4.78 is 39.1. The molecule has 9 heteroatoms. The average Bonchev–Trinajstić information content (AvgIpc) is 2.97. The minimum absolute atomic E-state index is 0.376. The predicted octanol–water partition coefficient (Wildman–Crippen LogP) is 4.47. The molecule has 1 N–H and O–H groups in total. The van der Waals surface area contributed by atoms with Crippen molar-refractivity contribution >= 4 is 12.0 Å². The normalized spacial score (nSPS) is 12.4. The van der Waals surface area contributed by atoms with Gasteiger partial charge in [-0.25, -0.2) is 4.79 Å². The zero-order valence-electron chi connectivity index (χ0n) is 22.0. The van der Waals surface area contributed by atoms with Crippen molar-refractivity contribution in [2.24, 2.45) is 0 Å². The fourth-order valence-electron chi connectivity index (χ4n) is 3.72. The SMILES string of the molecule is COC(=O)/C=C/c1ccc(O[C@@H](c2ccc(OC)c(OC)c2)[C@H](CO)Oc2ccccc2OC)c(OC)c1. The molecule has 0 aliphatic carbocycles. The molecule has 0 amide bonds. The molecular weight excluding hydrogens is 492 g/mol. The molecule has 0 unspecified atom stereocenters. The molecule has 9 nitrogen and oxygen atoms in total. The molecule has 0 aliphatic heterocycles. The highest BCUT2D eigenvalue weighted by Crippen LogP contribution is 2.38. The van der Waals surface area contributed by atoms with Crippen molar-refractivity contribution in [2.75, 3.05) is 42.2 Å². The number of methoxy groups -OCH3 is 5. The van der Waals surface area contributed by atoms with E-state index in [1.54, 1.807) is 68.8 Å². The van der Waals surface area contributed by atoms with Gasteiger partial charge in [0.15, 0.2) is 46.7 Å². The lowest BCUT2D eigenvalue weighted by atomic mass is 10.0. The van der Waals surface area contributed by atoms with Crippen molar-refractivity contribution in [3.05, 3.63) is 77.9 Å². The van der Waals surface area contributed by atoms with Crippen LogP contribution in [0.5, 0.6) is 34.5 Å². The van der Waals surface area contributed by atoms with Gasteiger partial charge in [0.05, 0.1) is 42.2 Å². The number of para-hydroxylation sites is 2. The summed E-state index contributed by atoms with van der Waals surface area (Å²) in [5.41, 5.74) is 1.36. The third-order valence-corrected chi connectivity index (χ3v) is 5.66. The molecule has 0 bridgehead atoms. The van der Waals surface area contributed by atoms with E-state index in [9.17, 15) is 9.90 Å². The van der Waals surface area contributed by atoms with Crippen LogP contribution in [0.3, 0.4) is 0 Å². The standard InChI is InChI=1S/C29H32O9/c1-32-21-8-6-7-9-23(21)37-27(18-30)29(20-12-14-22(33-2)26(17-20)35-4)38-24-13-10-19(16-25(24)34-3)11-15-28(31)36-5/h6-17,27,29-30H,18H2,1-5H3/b15-11+/t27-,29-/m0/s1. The zero-order valence-corrected chi connectivity index (χ0v) is 22.0. The topological polar surface area (TPSA) is 102 Å². The summed E-state index contributed by atoms with van der Waals surface area (Å²) in [6.45, 7) is -0.376. The first-order chi connectivity index (χ1) is 18.5. The van der Waals surface area contributed by atoms with Gasteiger partial charge in [0, 0.05) is 11.6 Å². The van der Waals surface area contributed by atoms with Gasteiger partial charge >= 0.3 is 5.97 Å². The van der Waals surface area contributed by atoms with Gasteiger partial charge in [0.1, 0.15) is 0 Å². The summed E-state index contributed by atoms with van der Waals surface area (Å²) in [7, 11) is 7.45. The van der Waals surface area contributed by atoms with E-state index in [-0.39, 0.29) is 6.61 Å². The number of aliphatic hydroxyl groups excluding tert-OH is 1. The van der Waals surface area contributed by atoms with E-state index < -0.39 is 18.2 Å². The van der Waals surface area contributed by atoms with Crippen LogP contribution in [0.1, 0.15) is 17.2 Å². The van der Waals surface area contributed by atoms with E-state index in [1.165, 1.54) is 27.4 Å². The molecule has 202 valence electrons. The third-order valence-electron chi connectivity index (χ3n) is 5.66. The molecule has 0 saturated carbocycles. The number of carbonyl (C=O) groups is 1. The van der Waals surface area contributed by atoms with E-state index in [2.05, 4.69) is 4.74 Å². The van der Waals surface area contributed by atoms with E-state index in [0.717, 1.165) is 0 Å². The van der Waals surface area contributed by atoms with Crippen LogP contribution in [0.4, 0.5) is 0 Å². The molecule has 2 atom stereocenters. The zero-order chi connectivity index (χ0) is 27.5. The summed E-state index contributed by atoms with van der Waals surface area (Å²) in [6.07, 6.45) is 1.25. The number of aliphatic hydroxyl groups is 1. The van der Waals surface area contributed by atoms with Gasteiger partial charge in [0.2, 0.25) is 0 Å². The molecule has 0 aromatic heterocycles. The Bertz CT molecular complexity index is 1240. The Balaban J connectivity index is 2.04. The minimum Gasteiger partial charge on any atom is -0.493 e. The summed E-state index contributed by atoms with van der Waals surface area (Å²) in [6, 6.07) is 17.6. The quantitative estimate of drug-likeness (QED) is 0.256. The van der Waals surface area contributed by atoms with Crippen molar-refractivity contribution in [2.45, 2.75) is 12.2 Å². The minimum atomic E-state index is -0.854. The van der Waals surface area contributed by atoms with E-state index >= 15 is 0 Å². The fourth-order valence-corrected chi connectivity index (χ4v) is 3.72. The maximum atomic E-state index is 11.5. The first kappa shape index (κ1) is 28.2. The lowest BCUT2D eigenvalue weighted by Gasteiger charge is -2.29. The average molecular weight is 525 g/mol. The Morgan fingerprint density at radius 1 is 0.737 bits per heavy atom. The number of hydrogen-bond acceptors (Lipinski definition) is 9. The van der Waals surface area contributed by atoms with Crippen molar-refractivity contribution in [1.29, 1.82) is 0 Å². The Morgan fingerprint density at radius 2 is 1.32 bits per heavy atom. The van der Waals surface area contributed by atoms with Crippen molar-refractivity contribution in [3.8, 4) is 34.5 Å². The van der Waals surface area contributed by atoms with Crippen LogP contribution in [0.15, 0.2) is 66.7 Å². The number of benzene rings is 3. The smallest absolute Gasteiger partial charge is 0.330 e. The summed E-state index contributed by atoms with van der Waals surface area (Å²) in [5, 5.41) is 10.4. The summed E-state index contributed by atoms with van der Waals surface area (Å²) in [5.74, 6) is 2.32. The second-order valence-electron chi connectivity index (χ2n) is 7.91. The molecule has 0 aliphatic rings. The number of carbonyl (C=O) groups excluding carboxylic acids is 1. The lowest BCUT2D eigenvalue weighted by Crippen LogP contribution is -2.33. The van der Waals surface area contributed by atoms with Crippen LogP contribution in [-0.2, 0) is 9.53 Å². The van der Waals surface area contributed by atoms with Crippen LogP contribution in [0.2, 0.25) is 0 Å². The Morgan fingerprint density at radius 3 is 1.95 bits per heavy atom. The van der Waals surface area contributed by atoms with Gasteiger partial charge in [-0.15, -0.1) is 0 Å². The first-order valence-corrected chi connectivity index (χ1v) is 11.7. The Labute approximate surface area is 222 Å².